The van der Waals surface area contributed by atoms with E-state index in [0.29, 0.717) is 19.5 Å². The molecule has 5 atom stereocenters. The number of aromatic nitrogens is 1. The topological polar surface area (TPSA) is 104 Å². The monoisotopic (exact) mass is 621 g/mol. The molecule has 0 bridgehead atoms. The molecule has 2 fully saturated rings. The zero-order valence-corrected chi connectivity index (χ0v) is 26.6. The van der Waals surface area contributed by atoms with Crippen LogP contribution >= 0.6 is 11.3 Å². The van der Waals surface area contributed by atoms with Crippen molar-refractivity contribution in [3.05, 3.63) is 77.1 Å². The number of hydrogen-bond donors (Lipinski definition) is 2. The first-order valence-electron chi connectivity index (χ1n) is 14.9. The van der Waals surface area contributed by atoms with E-state index in [1.165, 1.54) is 23.5 Å². The minimum atomic E-state index is -0.769. The van der Waals surface area contributed by atoms with E-state index in [4.69, 9.17) is 9.72 Å². The number of nitrogens with one attached hydrogen (secondary N) is 2. The van der Waals surface area contributed by atoms with E-state index in [1.807, 2.05) is 61.4 Å². The molecule has 3 amide bonds. The van der Waals surface area contributed by atoms with Gasteiger partial charge in [-0.3, -0.25) is 9.59 Å². The first-order valence-corrected chi connectivity index (χ1v) is 15.8. The number of fused-ring (bicyclic) bond motifs is 1. The van der Waals surface area contributed by atoms with Gasteiger partial charge in [0.05, 0.1) is 23.8 Å². The van der Waals surface area contributed by atoms with Crippen LogP contribution in [0.1, 0.15) is 51.3 Å². The van der Waals surface area contributed by atoms with E-state index in [9.17, 15) is 18.8 Å². The fourth-order valence-corrected chi connectivity index (χ4v) is 6.90. The van der Waals surface area contributed by atoms with Crippen LogP contribution in [0.4, 0.5) is 9.18 Å². The van der Waals surface area contributed by atoms with Crippen molar-refractivity contribution in [1.29, 1.82) is 0 Å². The second-order valence-corrected chi connectivity index (χ2v) is 13.4. The number of rotatable bonds is 8. The summed E-state index contributed by atoms with van der Waals surface area (Å²) in [6.45, 7) is 8.47. The van der Waals surface area contributed by atoms with Gasteiger partial charge in [-0.15, -0.1) is 11.3 Å². The summed E-state index contributed by atoms with van der Waals surface area (Å²) < 4.78 is 19.3. The summed E-state index contributed by atoms with van der Waals surface area (Å²) >= 11 is 1.45. The quantitative estimate of drug-likeness (QED) is 0.375. The maximum absolute atomic E-state index is 14.3. The van der Waals surface area contributed by atoms with Gasteiger partial charge < -0.3 is 25.2 Å². The molecule has 3 heterocycles. The predicted molar refractivity (Wildman–Crippen MR) is 167 cm³/mol. The number of nitrogens with zero attached hydrogens (tertiary/aromatic N) is 3. The molecule has 0 saturated carbocycles. The Hall–Kier alpha value is -3.83. The van der Waals surface area contributed by atoms with Gasteiger partial charge in [0, 0.05) is 30.0 Å². The normalized spacial score (nSPS) is 21.1. The van der Waals surface area contributed by atoms with Gasteiger partial charge in [-0.2, -0.15) is 0 Å². The number of benzene rings is 2. The van der Waals surface area contributed by atoms with Gasteiger partial charge in [0.15, 0.2) is 0 Å². The summed E-state index contributed by atoms with van der Waals surface area (Å²) in [5.41, 5.74) is 1.89. The first-order chi connectivity index (χ1) is 21.0. The molecule has 0 unspecified atom stereocenters. The Labute approximate surface area is 261 Å². The van der Waals surface area contributed by atoms with Crippen LogP contribution in [0, 0.1) is 11.2 Å². The lowest BCUT2D eigenvalue weighted by Crippen LogP contribution is -2.59. The van der Waals surface area contributed by atoms with Crippen molar-refractivity contribution in [2.24, 2.45) is 5.41 Å². The van der Waals surface area contributed by atoms with Crippen molar-refractivity contribution in [2.75, 3.05) is 20.1 Å². The van der Waals surface area contributed by atoms with Gasteiger partial charge in [-0.05, 0) is 55.6 Å². The van der Waals surface area contributed by atoms with Crippen molar-refractivity contribution in [3.8, 4) is 10.6 Å². The maximum atomic E-state index is 14.3. The smallest absolute Gasteiger partial charge is 0.410 e. The highest BCUT2D eigenvalue weighted by Gasteiger charge is 2.54. The Kier molecular flexibility index (Phi) is 9.36. The van der Waals surface area contributed by atoms with Crippen molar-refractivity contribution in [3.63, 3.8) is 0 Å². The fourth-order valence-electron chi connectivity index (χ4n) is 6.01. The molecular formula is C33H40FN5O4S. The van der Waals surface area contributed by atoms with Gasteiger partial charge >= 0.3 is 6.09 Å². The molecule has 0 spiro atoms. The van der Waals surface area contributed by atoms with Crippen LogP contribution in [0.2, 0.25) is 0 Å². The summed E-state index contributed by atoms with van der Waals surface area (Å²) in [6, 6.07) is 13.8. The van der Waals surface area contributed by atoms with Crippen LogP contribution in [0.3, 0.4) is 0 Å². The zero-order valence-electron chi connectivity index (χ0n) is 25.7. The van der Waals surface area contributed by atoms with Gasteiger partial charge in [0.2, 0.25) is 11.8 Å². The van der Waals surface area contributed by atoms with Gasteiger partial charge in [-0.1, -0.05) is 51.1 Å². The minimum Gasteiger partial charge on any atom is -0.445 e. The van der Waals surface area contributed by atoms with Gasteiger partial charge in [0.1, 0.15) is 23.5 Å². The zero-order chi connectivity index (χ0) is 31.6. The van der Waals surface area contributed by atoms with Crippen molar-refractivity contribution in [2.45, 2.75) is 70.8 Å². The second-order valence-electron chi connectivity index (χ2n) is 12.6. The molecule has 5 rings (SSSR count). The van der Waals surface area contributed by atoms with E-state index in [1.54, 1.807) is 31.0 Å². The molecule has 9 nitrogen and oxygen atoms in total. The maximum Gasteiger partial charge on any atom is 0.410 e. The lowest BCUT2D eigenvalue weighted by Gasteiger charge is -2.37. The highest BCUT2D eigenvalue weighted by atomic mass is 32.1. The average Bonchev–Trinajstić information content (AvgIpc) is 3.75. The molecule has 2 aliphatic rings. The average molecular weight is 622 g/mol. The van der Waals surface area contributed by atoms with Gasteiger partial charge in [0.25, 0.3) is 0 Å². The summed E-state index contributed by atoms with van der Waals surface area (Å²) in [4.78, 5) is 49.2. The SMILES string of the molecule is CN[C@@H](C)C(=O)N[C@H](C(=O)N1CC[C@@H]2[C@H]1[C@@H](c1csc(-c3ccc(F)cc3)n1)CN2C(=O)OCc1ccccc1)C(C)(C)C. The second kappa shape index (κ2) is 13.0. The molecular weight excluding hydrogens is 581 g/mol. The number of carbonyl (C=O) groups excluding carboxylic acids is 3. The molecule has 3 aromatic rings. The Morgan fingerprint density at radius 1 is 1.09 bits per heavy atom. The molecule has 11 heteroatoms. The highest BCUT2D eigenvalue weighted by molar-refractivity contribution is 7.13. The summed E-state index contributed by atoms with van der Waals surface area (Å²) in [7, 11) is 1.70. The van der Waals surface area contributed by atoms with E-state index in [0.717, 1.165) is 21.8 Å². The van der Waals surface area contributed by atoms with Crippen molar-refractivity contribution >= 4 is 29.2 Å². The van der Waals surface area contributed by atoms with Gasteiger partial charge in [-0.25, -0.2) is 14.2 Å². The Bertz CT molecular complexity index is 1480. The number of amides is 3. The molecule has 2 aromatic carbocycles. The Balaban J connectivity index is 1.44. The van der Waals surface area contributed by atoms with E-state index >= 15 is 0 Å². The highest BCUT2D eigenvalue weighted by Crippen LogP contribution is 2.43. The van der Waals surface area contributed by atoms with Crippen LogP contribution < -0.4 is 10.6 Å². The molecule has 0 radical (unpaired) electrons. The molecule has 2 N–H and O–H groups in total. The lowest BCUT2D eigenvalue weighted by molar-refractivity contribution is -0.140. The fraction of sp³-hybridized carbons (Fsp3) is 0.455. The number of halogens is 1. The first kappa shape index (κ1) is 31.6. The summed E-state index contributed by atoms with van der Waals surface area (Å²) in [6.07, 6.45) is 0.151. The number of carbonyl (C=O) groups is 3. The van der Waals surface area contributed by atoms with Crippen molar-refractivity contribution in [1.82, 2.24) is 25.4 Å². The molecule has 1 aromatic heterocycles. The molecule has 234 valence electrons. The summed E-state index contributed by atoms with van der Waals surface area (Å²) in [5.74, 6) is -1.03. The number of hydrogen-bond acceptors (Lipinski definition) is 7. The van der Waals surface area contributed by atoms with Crippen LogP contribution in [-0.4, -0.2) is 77.0 Å². The van der Waals surface area contributed by atoms with Crippen LogP contribution in [0.25, 0.3) is 10.6 Å². The molecule has 44 heavy (non-hydrogen) atoms. The van der Waals surface area contributed by atoms with Crippen LogP contribution in [-0.2, 0) is 20.9 Å². The standard InChI is InChI=1S/C33H40FN5O4S/c1-20(35-5)29(40)37-28(33(2,3)4)31(41)38-16-15-26-27(38)24(17-39(26)32(42)43-18-21-9-7-6-8-10-21)25-19-44-30(36-25)22-11-13-23(34)14-12-22/h6-14,19-20,24,26-28,35H,15-18H2,1-5H3,(H,37,40)/t20-,24+,26+,27+,28+/m0/s1. The molecule has 2 saturated heterocycles. The lowest BCUT2D eigenvalue weighted by atomic mass is 9.85. The minimum absolute atomic E-state index is 0.147. The number of ether oxygens (including phenoxy) is 1. The number of likely N-dealkylation sites (tertiary alicyclic amines) is 2. The Morgan fingerprint density at radius 3 is 2.45 bits per heavy atom. The third-order valence-electron chi connectivity index (χ3n) is 8.57. The molecule has 0 aliphatic carbocycles. The van der Waals surface area contributed by atoms with Crippen LogP contribution in [0.5, 0.6) is 0 Å². The number of likely N-dealkylation sites (N-methyl/N-ethyl adjacent to an activating group) is 1. The third kappa shape index (κ3) is 6.63. The van der Waals surface area contributed by atoms with E-state index in [2.05, 4.69) is 10.6 Å². The third-order valence-corrected chi connectivity index (χ3v) is 9.48. The Morgan fingerprint density at radius 2 is 1.80 bits per heavy atom. The van der Waals surface area contributed by atoms with Crippen LogP contribution in [0.15, 0.2) is 60.0 Å². The summed E-state index contributed by atoms with van der Waals surface area (Å²) in [5, 5.41) is 8.60. The molecule has 2 aliphatic heterocycles. The number of thiazole rings is 1. The van der Waals surface area contributed by atoms with Crippen molar-refractivity contribution < 1.29 is 23.5 Å². The van der Waals surface area contributed by atoms with E-state index < -0.39 is 23.6 Å². The van der Waals surface area contributed by atoms with E-state index in [-0.39, 0.29) is 42.2 Å². The largest absolute Gasteiger partial charge is 0.445 e. The predicted octanol–water partition coefficient (Wildman–Crippen LogP) is 4.79.